The first kappa shape index (κ1) is 13.5. The number of aryl methyl sites for hydroxylation is 1. The van der Waals surface area contributed by atoms with Gasteiger partial charge < -0.3 is 14.8 Å². The second-order valence-corrected chi connectivity index (χ2v) is 3.86. The van der Waals surface area contributed by atoms with Crippen LogP contribution >= 0.6 is 0 Å². The van der Waals surface area contributed by atoms with E-state index in [1.807, 2.05) is 31.2 Å². The number of ether oxygens (including phenoxy) is 2. The molecule has 94 valence electrons. The molecule has 0 saturated heterocycles. The molecule has 0 aliphatic carbocycles. The van der Waals surface area contributed by atoms with E-state index in [-0.39, 0.29) is 5.91 Å². The van der Waals surface area contributed by atoms with Gasteiger partial charge in [0.05, 0.1) is 6.61 Å². The predicted molar refractivity (Wildman–Crippen MR) is 66.2 cm³/mol. The highest BCUT2D eigenvalue weighted by atomic mass is 16.5. The Bertz CT molecular complexity index is 365. The maximum Gasteiger partial charge on any atom is 0.260 e. The van der Waals surface area contributed by atoms with E-state index in [9.17, 15) is 4.79 Å². The molecule has 0 unspecified atom stereocenters. The summed E-state index contributed by atoms with van der Waals surface area (Å²) >= 11 is 0. The Morgan fingerprint density at radius 2 is 2.24 bits per heavy atom. The van der Waals surface area contributed by atoms with E-state index in [4.69, 9.17) is 9.47 Å². The van der Waals surface area contributed by atoms with Gasteiger partial charge in [-0.25, -0.2) is 0 Å². The Morgan fingerprint density at radius 3 is 2.88 bits per heavy atom. The van der Waals surface area contributed by atoms with Crippen LogP contribution in [0.5, 0.6) is 5.75 Å². The quantitative estimate of drug-likeness (QED) is 0.763. The molecule has 1 rings (SSSR count). The topological polar surface area (TPSA) is 47.6 Å². The van der Waals surface area contributed by atoms with Crippen LogP contribution in [0.25, 0.3) is 0 Å². The van der Waals surface area contributed by atoms with E-state index >= 15 is 0 Å². The van der Waals surface area contributed by atoms with Gasteiger partial charge in [-0.15, -0.1) is 0 Å². The third-order valence-corrected chi connectivity index (χ3v) is 2.28. The molecule has 1 aromatic rings. The molecular formula is C13H19NO3. The Hall–Kier alpha value is -1.55. The van der Waals surface area contributed by atoms with Crippen molar-refractivity contribution < 1.29 is 14.3 Å². The maximum absolute atomic E-state index is 11.6. The van der Waals surface area contributed by atoms with Crippen molar-refractivity contribution >= 4 is 5.91 Å². The fourth-order valence-corrected chi connectivity index (χ4v) is 1.37. The van der Waals surface area contributed by atoms with Crippen molar-refractivity contribution in [1.29, 1.82) is 0 Å². The maximum atomic E-state index is 11.6. The highest BCUT2D eigenvalue weighted by Crippen LogP contribution is 2.14. The summed E-state index contributed by atoms with van der Waals surface area (Å²) in [5.74, 6) is 0.572. The summed E-state index contributed by atoms with van der Waals surface area (Å²) < 4.78 is 10.4. The number of benzene rings is 1. The summed E-state index contributed by atoms with van der Waals surface area (Å²) in [6.07, 6.45) is -0.506. The number of hydrogen-bond acceptors (Lipinski definition) is 3. The first-order chi connectivity index (χ1) is 8.13. The van der Waals surface area contributed by atoms with Crippen LogP contribution in [0, 0.1) is 6.92 Å². The van der Waals surface area contributed by atoms with Gasteiger partial charge in [0.25, 0.3) is 5.91 Å². The Labute approximate surface area is 102 Å². The van der Waals surface area contributed by atoms with Crippen molar-refractivity contribution in [2.45, 2.75) is 20.0 Å². The lowest BCUT2D eigenvalue weighted by atomic mass is 10.2. The summed E-state index contributed by atoms with van der Waals surface area (Å²) in [6, 6.07) is 7.63. The molecule has 1 aromatic carbocycles. The molecule has 4 nitrogen and oxygen atoms in total. The van der Waals surface area contributed by atoms with Gasteiger partial charge in [-0.05, 0) is 31.5 Å². The molecule has 0 aliphatic rings. The third-order valence-electron chi connectivity index (χ3n) is 2.28. The van der Waals surface area contributed by atoms with Crippen LogP contribution in [0.3, 0.4) is 0 Å². The van der Waals surface area contributed by atoms with E-state index in [0.717, 1.165) is 5.56 Å². The van der Waals surface area contributed by atoms with E-state index in [0.29, 0.717) is 18.9 Å². The molecule has 0 aromatic heterocycles. The summed E-state index contributed by atoms with van der Waals surface area (Å²) in [7, 11) is 1.60. The number of hydrogen-bond donors (Lipinski definition) is 1. The van der Waals surface area contributed by atoms with Gasteiger partial charge >= 0.3 is 0 Å². The minimum Gasteiger partial charge on any atom is -0.481 e. The third kappa shape index (κ3) is 4.87. The first-order valence-electron chi connectivity index (χ1n) is 5.63. The summed E-state index contributed by atoms with van der Waals surface area (Å²) in [6.45, 7) is 4.71. The van der Waals surface area contributed by atoms with E-state index in [2.05, 4.69) is 5.32 Å². The average Bonchev–Trinajstić information content (AvgIpc) is 2.29. The standard InChI is InChI=1S/C13H19NO3/c1-10-5-4-6-12(9-10)17-11(2)13(15)14-7-8-16-3/h4-6,9,11H,7-8H2,1-3H3,(H,14,15)/t11-/m0/s1. The molecule has 0 aliphatic heterocycles. The second kappa shape index (κ2) is 6.91. The lowest BCUT2D eigenvalue weighted by Crippen LogP contribution is -2.37. The van der Waals surface area contributed by atoms with Crippen LogP contribution in [0.15, 0.2) is 24.3 Å². The summed E-state index contributed by atoms with van der Waals surface area (Å²) in [5.41, 5.74) is 1.11. The molecule has 0 radical (unpaired) electrons. The van der Waals surface area contributed by atoms with Crippen molar-refractivity contribution in [3.63, 3.8) is 0 Å². The monoisotopic (exact) mass is 237 g/mol. The number of nitrogens with one attached hydrogen (secondary N) is 1. The number of carbonyl (C=O) groups is 1. The van der Waals surface area contributed by atoms with Gasteiger partial charge in [-0.1, -0.05) is 12.1 Å². The van der Waals surface area contributed by atoms with Gasteiger partial charge in [-0.3, -0.25) is 4.79 Å². The van der Waals surface area contributed by atoms with Crippen molar-refractivity contribution in [2.24, 2.45) is 0 Å². The van der Waals surface area contributed by atoms with Gasteiger partial charge in [0.1, 0.15) is 5.75 Å². The molecule has 1 amide bonds. The van der Waals surface area contributed by atoms with Crippen molar-refractivity contribution in [2.75, 3.05) is 20.3 Å². The molecule has 1 N–H and O–H groups in total. The molecule has 0 bridgehead atoms. The minimum atomic E-state index is -0.506. The van der Waals surface area contributed by atoms with Gasteiger partial charge in [-0.2, -0.15) is 0 Å². The number of carbonyl (C=O) groups excluding carboxylic acids is 1. The lowest BCUT2D eigenvalue weighted by Gasteiger charge is -2.14. The molecular weight excluding hydrogens is 218 g/mol. The number of rotatable bonds is 6. The molecule has 0 fully saturated rings. The zero-order valence-corrected chi connectivity index (χ0v) is 10.5. The average molecular weight is 237 g/mol. The largest absolute Gasteiger partial charge is 0.481 e. The SMILES string of the molecule is COCCNC(=O)[C@H](C)Oc1cccc(C)c1. The van der Waals surface area contributed by atoms with E-state index < -0.39 is 6.10 Å². The smallest absolute Gasteiger partial charge is 0.260 e. The predicted octanol–water partition coefficient (Wildman–Crippen LogP) is 1.52. The molecule has 0 spiro atoms. The van der Waals surface area contributed by atoms with Crippen molar-refractivity contribution in [3.05, 3.63) is 29.8 Å². The fraction of sp³-hybridized carbons (Fsp3) is 0.462. The van der Waals surface area contributed by atoms with Crippen molar-refractivity contribution in [1.82, 2.24) is 5.32 Å². The Balaban J connectivity index is 2.43. The molecule has 1 atom stereocenters. The molecule has 17 heavy (non-hydrogen) atoms. The van der Waals surface area contributed by atoms with E-state index in [1.165, 1.54) is 0 Å². The second-order valence-electron chi connectivity index (χ2n) is 3.86. The number of amides is 1. The van der Waals surface area contributed by atoms with Crippen LogP contribution in [0.1, 0.15) is 12.5 Å². The van der Waals surface area contributed by atoms with Crippen LogP contribution in [0.4, 0.5) is 0 Å². The Kier molecular flexibility index (Phi) is 5.49. The van der Waals surface area contributed by atoms with Gasteiger partial charge in [0.2, 0.25) is 0 Å². The molecule has 0 saturated carbocycles. The fourth-order valence-electron chi connectivity index (χ4n) is 1.37. The van der Waals surface area contributed by atoms with Crippen LogP contribution < -0.4 is 10.1 Å². The van der Waals surface area contributed by atoms with Crippen LogP contribution in [-0.2, 0) is 9.53 Å². The zero-order chi connectivity index (χ0) is 12.7. The van der Waals surface area contributed by atoms with Crippen molar-refractivity contribution in [3.8, 4) is 5.75 Å². The highest BCUT2D eigenvalue weighted by molar-refractivity contribution is 5.80. The molecule has 4 heteroatoms. The summed E-state index contributed by atoms with van der Waals surface area (Å²) in [4.78, 5) is 11.6. The van der Waals surface area contributed by atoms with E-state index in [1.54, 1.807) is 14.0 Å². The lowest BCUT2D eigenvalue weighted by molar-refractivity contribution is -0.127. The van der Waals surface area contributed by atoms with Gasteiger partial charge in [0, 0.05) is 13.7 Å². The summed E-state index contributed by atoms with van der Waals surface area (Å²) in [5, 5.41) is 2.73. The minimum absolute atomic E-state index is 0.136. The number of methoxy groups -OCH3 is 1. The highest BCUT2D eigenvalue weighted by Gasteiger charge is 2.13. The first-order valence-corrected chi connectivity index (χ1v) is 5.63. The zero-order valence-electron chi connectivity index (χ0n) is 10.5. The van der Waals surface area contributed by atoms with Crippen LogP contribution in [-0.4, -0.2) is 32.3 Å². The molecule has 0 heterocycles. The van der Waals surface area contributed by atoms with Crippen LogP contribution in [0.2, 0.25) is 0 Å². The normalized spacial score (nSPS) is 11.9. The Morgan fingerprint density at radius 1 is 1.47 bits per heavy atom. The van der Waals surface area contributed by atoms with Gasteiger partial charge in [0.15, 0.2) is 6.10 Å².